The number of imidazole rings is 1. The molecule has 0 radical (unpaired) electrons. The molecule has 0 aliphatic heterocycles. The maximum absolute atomic E-state index is 12.7. The zero-order valence-electron chi connectivity index (χ0n) is 14.5. The van der Waals surface area contributed by atoms with E-state index in [4.69, 9.17) is 0 Å². The van der Waals surface area contributed by atoms with Gasteiger partial charge in [-0.3, -0.25) is 13.9 Å². The van der Waals surface area contributed by atoms with E-state index in [9.17, 15) is 9.59 Å². The number of fused-ring (bicyclic) bond motifs is 1. The van der Waals surface area contributed by atoms with Gasteiger partial charge in [-0.25, -0.2) is 9.48 Å². The summed E-state index contributed by atoms with van der Waals surface area (Å²) < 4.78 is 5.90. The van der Waals surface area contributed by atoms with Gasteiger partial charge in [0.1, 0.15) is 0 Å². The summed E-state index contributed by atoms with van der Waals surface area (Å²) in [6, 6.07) is 0. The Morgan fingerprint density at radius 2 is 1.79 bits per heavy atom. The second-order valence-corrected chi connectivity index (χ2v) is 5.90. The van der Waals surface area contributed by atoms with Gasteiger partial charge >= 0.3 is 5.69 Å². The van der Waals surface area contributed by atoms with Crippen molar-refractivity contribution in [2.75, 3.05) is 0 Å². The summed E-state index contributed by atoms with van der Waals surface area (Å²) in [7, 11) is 3.35. The van der Waals surface area contributed by atoms with Gasteiger partial charge in [-0.2, -0.15) is 10.1 Å². The van der Waals surface area contributed by atoms with Crippen LogP contribution in [0.1, 0.15) is 17.0 Å². The fourth-order valence-electron chi connectivity index (χ4n) is 2.83. The highest BCUT2D eigenvalue weighted by Gasteiger charge is 2.21. The lowest BCUT2D eigenvalue weighted by Gasteiger charge is -2.06. The smallest absolute Gasteiger partial charge is 0.306 e. The molecule has 0 saturated heterocycles. The van der Waals surface area contributed by atoms with Crippen molar-refractivity contribution in [3.8, 4) is 5.95 Å². The molecule has 0 fully saturated rings. The normalized spacial score (nSPS) is 11.4. The second-order valence-electron chi connectivity index (χ2n) is 5.90. The van der Waals surface area contributed by atoms with Crippen LogP contribution in [0.15, 0.2) is 22.2 Å². The van der Waals surface area contributed by atoms with Gasteiger partial charge in [-0.1, -0.05) is 6.08 Å². The van der Waals surface area contributed by atoms with E-state index in [0.717, 1.165) is 21.5 Å². The Balaban J connectivity index is 2.44. The van der Waals surface area contributed by atoms with E-state index in [1.807, 2.05) is 20.8 Å². The molecule has 0 bridgehead atoms. The third-order valence-electron chi connectivity index (χ3n) is 4.49. The van der Waals surface area contributed by atoms with Crippen molar-refractivity contribution < 1.29 is 0 Å². The summed E-state index contributed by atoms with van der Waals surface area (Å²) in [4.78, 5) is 29.6. The highest BCUT2D eigenvalue weighted by Crippen LogP contribution is 2.18. The van der Waals surface area contributed by atoms with Crippen molar-refractivity contribution >= 4 is 11.2 Å². The fourth-order valence-corrected chi connectivity index (χ4v) is 2.83. The number of nitrogens with zero attached hydrogens (tertiary/aromatic N) is 6. The predicted octanol–water partition coefficient (Wildman–Crippen LogP) is 0.731. The third-order valence-corrected chi connectivity index (χ3v) is 4.49. The summed E-state index contributed by atoms with van der Waals surface area (Å²) in [5, 5.41) is 4.50. The Labute approximate surface area is 138 Å². The Kier molecular flexibility index (Phi) is 3.55. The van der Waals surface area contributed by atoms with Crippen LogP contribution >= 0.6 is 0 Å². The summed E-state index contributed by atoms with van der Waals surface area (Å²) >= 11 is 0. The summed E-state index contributed by atoms with van der Waals surface area (Å²) in [5.41, 5.74) is 2.82. The van der Waals surface area contributed by atoms with Gasteiger partial charge in [0, 0.05) is 26.3 Å². The van der Waals surface area contributed by atoms with Crippen LogP contribution in [0.25, 0.3) is 17.1 Å². The quantitative estimate of drug-likeness (QED) is 0.664. The van der Waals surface area contributed by atoms with Crippen molar-refractivity contribution in [2.45, 2.75) is 27.3 Å². The van der Waals surface area contributed by atoms with Crippen LogP contribution in [0.4, 0.5) is 0 Å². The molecule has 8 heteroatoms. The van der Waals surface area contributed by atoms with Crippen molar-refractivity contribution in [1.29, 1.82) is 0 Å². The van der Waals surface area contributed by atoms with E-state index in [1.165, 1.54) is 10.6 Å². The van der Waals surface area contributed by atoms with Crippen molar-refractivity contribution in [2.24, 2.45) is 14.1 Å². The molecule has 126 valence electrons. The van der Waals surface area contributed by atoms with Crippen molar-refractivity contribution in [3.05, 3.63) is 50.4 Å². The van der Waals surface area contributed by atoms with Gasteiger partial charge in [0.05, 0.1) is 5.69 Å². The highest BCUT2D eigenvalue weighted by molar-refractivity contribution is 5.72. The lowest BCUT2D eigenvalue weighted by Crippen LogP contribution is -2.39. The summed E-state index contributed by atoms with van der Waals surface area (Å²) in [5.74, 6) is 0.502. The average Bonchev–Trinajstić information content (AvgIpc) is 3.01. The number of rotatable bonds is 3. The third kappa shape index (κ3) is 1.99. The first-order valence-corrected chi connectivity index (χ1v) is 7.60. The lowest BCUT2D eigenvalue weighted by molar-refractivity contribution is 0.665. The maximum atomic E-state index is 12.7. The van der Waals surface area contributed by atoms with E-state index in [2.05, 4.69) is 16.7 Å². The Hall–Kier alpha value is -2.90. The molecule has 0 spiro atoms. The van der Waals surface area contributed by atoms with Crippen LogP contribution in [-0.4, -0.2) is 28.5 Å². The van der Waals surface area contributed by atoms with Crippen LogP contribution in [-0.2, 0) is 20.6 Å². The van der Waals surface area contributed by atoms with Crippen molar-refractivity contribution in [1.82, 2.24) is 28.5 Å². The van der Waals surface area contributed by atoms with E-state index in [1.54, 1.807) is 23.3 Å². The van der Waals surface area contributed by atoms with E-state index in [-0.39, 0.29) is 12.1 Å². The predicted molar refractivity (Wildman–Crippen MR) is 91.7 cm³/mol. The standard InChI is InChI=1S/C16H20N6O2/c1-7-8-21-14(23)12-13(20(6)16(21)24)17-15(19(12)5)22-11(4)9(2)10(3)18-22/h7H,1,8H2,2-6H3. The molecule has 0 aromatic carbocycles. The van der Waals surface area contributed by atoms with Gasteiger partial charge in [0.15, 0.2) is 11.2 Å². The molecule has 3 aromatic heterocycles. The largest absolute Gasteiger partial charge is 0.332 e. The molecule has 3 heterocycles. The molecule has 0 unspecified atom stereocenters. The molecule has 0 saturated carbocycles. The summed E-state index contributed by atoms with van der Waals surface area (Å²) in [6.45, 7) is 9.62. The maximum Gasteiger partial charge on any atom is 0.332 e. The highest BCUT2D eigenvalue weighted by atomic mass is 16.2. The monoisotopic (exact) mass is 328 g/mol. The van der Waals surface area contributed by atoms with Gasteiger partial charge < -0.3 is 4.57 Å². The number of allylic oxidation sites excluding steroid dienone is 1. The second kappa shape index (κ2) is 5.33. The Morgan fingerprint density at radius 3 is 2.33 bits per heavy atom. The van der Waals surface area contributed by atoms with Gasteiger partial charge in [0.2, 0.25) is 5.95 Å². The van der Waals surface area contributed by atoms with Crippen molar-refractivity contribution in [3.63, 3.8) is 0 Å². The molecule has 3 rings (SSSR count). The minimum atomic E-state index is -0.415. The molecule has 3 aromatic rings. The molecule has 24 heavy (non-hydrogen) atoms. The van der Waals surface area contributed by atoms with Gasteiger partial charge in [-0.05, 0) is 26.3 Å². The Bertz CT molecular complexity index is 1090. The number of hydrogen-bond acceptors (Lipinski definition) is 4. The Morgan fingerprint density at radius 1 is 1.12 bits per heavy atom. The zero-order valence-corrected chi connectivity index (χ0v) is 14.5. The molecule has 0 atom stereocenters. The van der Waals surface area contributed by atoms with Gasteiger partial charge in [-0.15, -0.1) is 6.58 Å². The molecule has 0 aliphatic rings. The average molecular weight is 328 g/mol. The molecule has 0 amide bonds. The van der Waals surface area contributed by atoms with E-state index in [0.29, 0.717) is 17.1 Å². The number of aryl methyl sites for hydroxylation is 3. The number of aromatic nitrogens is 6. The molecular weight excluding hydrogens is 308 g/mol. The summed E-state index contributed by atoms with van der Waals surface area (Å²) in [6.07, 6.45) is 1.52. The van der Waals surface area contributed by atoms with Crippen LogP contribution in [0, 0.1) is 20.8 Å². The first kappa shape index (κ1) is 16.0. The molecule has 8 nitrogen and oxygen atoms in total. The fraction of sp³-hybridized carbons (Fsp3) is 0.375. The first-order valence-electron chi connectivity index (χ1n) is 7.60. The molecule has 0 N–H and O–H groups in total. The molecule has 0 aliphatic carbocycles. The minimum Gasteiger partial charge on any atom is -0.306 e. The van der Waals surface area contributed by atoms with Crippen LogP contribution in [0.5, 0.6) is 0 Å². The van der Waals surface area contributed by atoms with Gasteiger partial charge in [0.25, 0.3) is 5.56 Å². The lowest BCUT2D eigenvalue weighted by atomic mass is 10.2. The SMILES string of the molecule is C=CCn1c(=O)c2c(nc(-n3nc(C)c(C)c3C)n2C)n(C)c1=O. The van der Waals surface area contributed by atoms with Crippen LogP contribution in [0.3, 0.4) is 0 Å². The first-order chi connectivity index (χ1) is 11.3. The van der Waals surface area contributed by atoms with E-state index >= 15 is 0 Å². The van der Waals surface area contributed by atoms with Crippen LogP contribution < -0.4 is 11.2 Å². The number of hydrogen-bond donors (Lipinski definition) is 0. The van der Waals surface area contributed by atoms with Crippen LogP contribution in [0.2, 0.25) is 0 Å². The zero-order chi connectivity index (χ0) is 17.8. The topological polar surface area (TPSA) is 79.6 Å². The minimum absolute atomic E-state index is 0.154. The van der Waals surface area contributed by atoms with E-state index < -0.39 is 5.69 Å². The molecular formula is C16H20N6O2.